The van der Waals surface area contributed by atoms with Gasteiger partial charge in [0.2, 0.25) is 0 Å². The first-order chi connectivity index (χ1) is 14.7. The molecule has 0 bridgehead atoms. The van der Waals surface area contributed by atoms with Crippen molar-refractivity contribution in [1.29, 1.82) is 0 Å². The van der Waals surface area contributed by atoms with Crippen molar-refractivity contribution in [3.63, 3.8) is 0 Å². The van der Waals surface area contributed by atoms with Crippen molar-refractivity contribution in [3.05, 3.63) is 65.2 Å². The van der Waals surface area contributed by atoms with E-state index in [1.165, 1.54) is 5.56 Å². The first kappa shape index (κ1) is 19.0. The first-order valence-corrected chi connectivity index (χ1v) is 10.2. The second-order valence-electron chi connectivity index (χ2n) is 7.76. The largest absolute Gasteiger partial charge is 0.387 e. The molecule has 0 aliphatic carbocycles. The quantitative estimate of drug-likeness (QED) is 0.545. The van der Waals surface area contributed by atoms with Gasteiger partial charge in [0, 0.05) is 37.6 Å². The number of pyridine rings is 1. The van der Waals surface area contributed by atoms with E-state index in [1.807, 2.05) is 18.3 Å². The topological polar surface area (TPSA) is 88.7 Å². The molecule has 4 aromatic rings. The minimum absolute atomic E-state index is 0.596. The molecule has 5 rings (SSSR count). The molecule has 0 saturated carbocycles. The summed E-state index contributed by atoms with van der Waals surface area (Å²) in [6.07, 6.45) is 1.92. The number of ether oxygens (including phenoxy) is 1. The van der Waals surface area contributed by atoms with E-state index in [-0.39, 0.29) is 0 Å². The summed E-state index contributed by atoms with van der Waals surface area (Å²) in [4.78, 5) is 7.03. The van der Waals surface area contributed by atoms with Crippen LogP contribution in [0.1, 0.15) is 35.7 Å². The van der Waals surface area contributed by atoms with Crippen molar-refractivity contribution in [2.24, 2.45) is 0 Å². The van der Waals surface area contributed by atoms with Crippen LogP contribution >= 0.6 is 0 Å². The van der Waals surface area contributed by atoms with Gasteiger partial charge < -0.3 is 9.84 Å². The maximum atomic E-state index is 9.83. The zero-order valence-electron chi connectivity index (χ0n) is 16.9. The molecule has 1 unspecified atom stereocenters. The number of rotatable bonds is 5. The van der Waals surface area contributed by atoms with E-state index in [0.717, 1.165) is 55.1 Å². The fourth-order valence-electron chi connectivity index (χ4n) is 3.80. The van der Waals surface area contributed by atoms with Crippen molar-refractivity contribution in [2.45, 2.75) is 26.0 Å². The Morgan fingerprint density at radius 3 is 2.73 bits per heavy atom. The Labute approximate surface area is 174 Å². The van der Waals surface area contributed by atoms with Gasteiger partial charge in [-0.1, -0.05) is 6.07 Å². The van der Waals surface area contributed by atoms with Gasteiger partial charge in [-0.25, -0.2) is 0 Å². The zero-order chi connectivity index (χ0) is 20.5. The fourth-order valence-corrected chi connectivity index (χ4v) is 3.80. The van der Waals surface area contributed by atoms with Crippen LogP contribution in [0.25, 0.3) is 16.6 Å². The van der Waals surface area contributed by atoms with Crippen LogP contribution in [0, 0.1) is 0 Å². The van der Waals surface area contributed by atoms with Gasteiger partial charge in [-0.15, -0.1) is 10.2 Å². The number of hydrogen-bond acceptors (Lipinski definition) is 7. The van der Waals surface area contributed by atoms with Crippen LogP contribution < -0.4 is 0 Å². The average molecular weight is 404 g/mol. The summed E-state index contributed by atoms with van der Waals surface area (Å²) in [6.45, 7) is 6.09. The van der Waals surface area contributed by atoms with Crippen LogP contribution in [0.15, 0.2) is 42.6 Å². The van der Waals surface area contributed by atoms with Crippen LogP contribution in [-0.2, 0) is 17.7 Å². The Hall–Kier alpha value is -2.94. The molecular weight excluding hydrogens is 380 g/mol. The lowest BCUT2D eigenvalue weighted by molar-refractivity contribution is 0.0341. The molecule has 1 aromatic carbocycles. The second-order valence-corrected chi connectivity index (χ2v) is 7.76. The van der Waals surface area contributed by atoms with Crippen LogP contribution in [0.5, 0.6) is 0 Å². The highest BCUT2D eigenvalue weighted by molar-refractivity contribution is 5.79. The minimum atomic E-state index is -0.638. The Morgan fingerprint density at radius 1 is 1.07 bits per heavy atom. The normalized spacial score (nSPS) is 16.3. The molecule has 8 heteroatoms. The van der Waals surface area contributed by atoms with E-state index in [1.54, 1.807) is 17.5 Å². The third-order valence-corrected chi connectivity index (χ3v) is 5.45. The Bertz CT molecular complexity index is 1180. The highest BCUT2D eigenvalue weighted by atomic mass is 16.5. The maximum Gasteiger partial charge on any atom is 0.177 e. The molecule has 0 radical (unpaired) electrons. The van der Waals surface area contributed by atoms with Crippen LogP contribution in [0.3, 0.4) is 0 Å². The Balaban J connectivity index is 1.41. The second kappa shape index (κ2) is 8.06. The third kappa shape index (κ3) is 3.89. The van der Waals surface area contributed by atoms with Crippen molar-refractivity contribution in [3.8, 4) is 0 Å². The molecule has 0 amide bonds. The summed E-state index contributed by atoms with van der Waals surface area (Å²) >= 11 is 0. The number of aliphatic hydroxyl groups excluding tert-OH is 1. The standard InChI is InChI=1S/C22H24N6O2/c1-15(29)19-4-5-21-24-25-22(28(21)26-19)12-16-2-3-20-18(10-16)11-17(13-23-20)14-27-6-8-30-9-7-27/h2-5,10-11,13,15,29H,6-9,12,14H2,1H3. The Kier molecular flexibility index (Phi) is 5.12. The number of fused-ring (bicyclic) bond motifs is 2. The summed E-state index contributed by atoms with van der Waals surface area (Å²) < 4.78 is 7.14. The zero-order valence-corrected chi connectivity index (χ0v) is 16.9. The highest BCUT2D eigenvalue weighted by Crippen LogP contribution is 2.19. The van der Waals surface area contributed by atoms with E-state index in [0.29, 0.717) is 17.8 Å². The van der Waals surface area contributed by atoms with Gasteiger partial charge in [0.05, 0.1) is 30.5 Å². The molecule has 30 heavy (non-hydrogen) atoms. The summed E-state index contributed by atoms with van der Waals surface area (Å²) in [5.74, 6) is 0.740. The molecule has 4 heterocycles. The van der Waals surface area contributed by atoms with Crippen molar-refractivity contribution < 1.29 is 9.84 Å². The Morgan fingerprint density at radius 2 is 1.90 bits per heavy atom. The van der Waals surface area contributed by atoms with Gasteiger partial charge >= 0.3 is 0 Å². The smallest absolute Gasteiger partial charge is 0.177 e. The molecule has 1 fully saturated rings. The highest BCUT2D eigenvalue weighted by Gasteiger charge is 2.13. The molecule has 1 aliphatic rings. The number of benzene rings is 1. The van der Waals surface area contributed by atoms with Gasteiger partial charge in [-0.05, 0) is 48.4 Å². The molecular formula is C22H24N6O2. The predicted molar refractivity (Wildman–Crippen MR) is 112 cm³/mol. The maximum absolute atomic E-state index is 9.83. The summed E-state index contributed by atoms with van der Waals surface area (Å²) in [6, 6.07) is 12.1. The molecule has 8 nitrogen and oxygen atoms in total. The summed E-state index contributed by atoms with van der Waals surface area (Å²) in [5.41, 5.74) is 4.57. The van der Waals surface area contributed by atoms with Crippen LogP contribution in [-0.4, -0.2) is 61.1 Å². The molecule has 1 saturated heterocycles. The van der Waals surface area contributed by atoms with Gasteiger partial charge in [0.15, 0.2) is 11.5 Å². The van der Waals surface area contributed by atoms with E-state index < -0.39 is 6.10 Å². The fraction of sp³-hybridized carbons (Fsp3) is 0.364. The molecule has 1 N–H and O–H groups in total. The molecule has 0 spiro atoms. The molecule has 1 atom stereocenters. The summed E-state index contributed by atoms with van der Waals surface area (Å²) in [5, 5.41) is 23.9. The summed E-state index contributed by atoms with van der Waals surface area (Å²) in [7, 11) is 0. The van der Waals surface area contributed by atoms with E-state index in [2.05, 4.69) is 43.4 Å². The van der Waals surface area contributed by atoms with Gasteiger partial charge in [0.25, 0.3) is 0 Å². The van der Waals surface area contributed by atoms with Crippen molar-refractivity contribution in [2.75, 3.05) is 26.3 Å². The predicted octanol–water partition coefficient (Wildman–Crippen LogP) is 2.15. The lowest BCUT2D eigenvalue weighted by Crippen LogP contribution is -2.35. The van der Waals surface area contributed by atoms with E-state index in [9.17, 15) is 5.11 Å². The number of aliphatic hydroxyl groups is 1. The first-order valence-electron chi connectivity index (χ1n) is 10.2. The molecule has 154 valence electrons. The monoisotopic (exact) mass is 404 g/mol. The molecule has 3 aromatic heterocycles. The van der Waals surface area contributed by atoms with Crippen LogP contribution in [0.4, 0.5) is 0 Å². The lowest BCUT2D eigenvalue weighted by Gasteiger charge is -2.26. The number of morpholine rings is 1. The average Bonchev–Trinajstić information content (AvgIpc) is 3.16. The van der Waals surface area contributed by atoms with Gasteiger partial charge in [-0.3, -0.25) is 9.88 Å². The number of hydrogen-bond donors (Lipinski definition) is 1. The van der Waals surface area contributed by atoms with Crippen LogP contribution in [0.2, 0.25) is 0 Å². The van der Waals surface area contributed by atoms with Gasteiger partial charge in [-0.2, -0.15) is 9.61 Å². The number of aromatic nitrogens is 5. The SMILES string of the molecule is CC(O)c1ccc2nnc(Cc3ccc4ncc(CN5CCOCC5)cc4c3)n2n1. The lowest BCUT2D eigenvalue weighted by atomic mass is 10.1. The van der Waals surface area contributed by atoms with E-state index >= 15 is 0 Å². The van der Waals surface area contributed by atoms with Gasteiger partial charge in [0.1, 0.15) is 0 Å². The van der Waals surface area contributed by atoms with Crippen molar-refractivity contribution >= 4 is 16.6 Å². The minimum Gasteiger partial charge on any atom is -0.387 e. The van der Waals surface area contributed by atoms with E-state index in [4.69, 9.17) is 4.74 Å². The van der Waals surface area contributed by atoms with Crippen molar-refractivity contribution in [1.82, 2.24) is 29.7 Å². The third-order valence-electron chi connectivity index (χ3n) is 5.45. The molecule has 1 aliphatic heterocycles. The number of nitrogens with zero attached hydrogens (tertiary/aromatic N) is 6.